The fourth-order valence-corrected chi connectivity index (χ4v) is 2.29. The Morgan fingerprint density at radius 2 is 1.95 bits per heavy atom. The molecule has 0 aliphatic heterocycles. The zero-order valence-corrected chi connectivity index (χ0v) is 12.7. The van der Waals surface area contributed by atoms with E-state index in [1.54, 1.807) is 0 Å². The Balaban J connectivity index is 2.37. The second kappa shape index (κ2) is 8.18. The van der Waals surface area contributed by atoms with Gasteiger partial charge in [0, 0.05) is 11.6 Å². The van der Waals surface area contributed by atoms with Crippen molar-refractivity contribution in [1.29, 1.82) is 0 Å². The van der Waals surface area contributed by atoms with Gasteiger partial charge in [-0.3, -0.25) is 0 Å². The molecular weight excluding hydrogens is 236 g/mol. The second-order valence-electron chi connectivity index (χ2n) is 5.12. The summed E-state index contributed by atoms with van der Waals surface area (Å²) in [6.07, 6.45) is 1.14. The van der Waals surface area contributed by atoms with E-state index in [1.807, 2.05) is 25.1 Å². The molecule has 1 aromatic carbocycles. The Hall–Kier alpha value is -1.06. The van der Waals surface area contributed by atoms with Gasteiger partial charge in [-0.05, 0) is 58.1 Å². The van der Waals surface area contributed by atoms with Crippen LogP contribution in [-0.2, 0) is 0 Å². The van der Waals surface area contributed by atoms with Crippen molar-refractivity contribution in [3.63, 3.8) is 0 Å². The van der Waals surface area contributed by atoms with Crippen LogP contribution < -0.4 is 5.32 Å². The van der Waals surface area contributed by atoms with E-state index in [4.69, 9.17) is 0 Å². The minimum Gasteiger partial charge on any atom is -0.508 e. The summed E-state index contributed by atoms with van der Waals surface area (Å²) in [7, 11) is 0. The van der Waals surface area contributed by atoms with Crippen molar-refractivity contribution in [2.45, 2.75) is 40.2 Å². The molecule has 3 nitrogen and oxygen atoms in total. The summed E-state index contributed by atoms with van der Waals surface area (Å²) in [5.74, 6) is 0.392. The molecule has 1 rings (SSSR count). The minimum atomic E-state index is 0.192. The van der Waals surface area contributed by atoms with Gasteiger partial charge in [0.2, 0.25) is 0 Å². The van der Waals surface area contributed by atoms with Crippen LogP contribution in [0.25, 0.3) is 0 Å². The molecule has 0 aliphatic carbocycles. The van der Waals surface area contributed by atoms with E-state index in [9.17, 15) is 5.11 Å². The molecule has 0 bridgehead atoms. The highest BCUT2D eigenvalue weighted by Crippen LogP contribution is 2.24. The van der Waals surface area contributed by atoms with Crippen LogP contribution in [0.4, 0.5) is 0 Å². The summed E-state index contributed by atoms with van der Waals surface area (Å²) < 4.78 is 0. The van der Waals surface area contributed by atoms with Crippen LogP contribution in [0.3, 0.4) is 0 Å². The zero-order chi connectivity index (χ0) is 14.3. The Labute approximate surface area is 117 Å². The van der Waals surface area contributed by atoms with E-state index in [0.717, 1.165) is 43.7 Å². The maximum Gasteiger partial charge on any atom is 0.120 e. The SMILES string of the molecule is CCN(CC)CCCNC(C)c1ccc(C)cc1O. The van der Waals surface area contributed by atoms with Crippen molar-refractivity contribution in [2.75, 3.05) is 26.2 Å². The highest BCUT2D eigenvalue weighted by molar-refractivity contribution is 5.37. The van der Waals surface area contributed by atoms with Gasteiger partial charge in [-0.25, -0.2) is 0 Å². The number of hydrogen-bond donors (Lipinski definition) is 2. The number of aromatic hydroxyl groups is 1. The molecule has 3 heteroatoms. The fraction of sp³-hybridized carbons (Fsp3) is 0.625. The number of hydrogen-bond acceptors (Lipinski definition) is 3. The average molecular weight is 264 g/mol. The van der Waals surface area contributed by atoms with Crippen LogP contribution in [0.5, 0.6) is 5.75 Å². The van der Waals surface area contributed by atoms with Crippen LogP contribution in [0, 0.1) is 6.92 Å². The first-order valence-corrected chi connectivity index (χ1v) is 7.33. The van der Waals surface area contributed by atoms with E-state index in [-0.39, 0.29) is 6.04 Å². The van der Waals surface area contributed by atoms with Gasteiger partial charge in [-0.15, -0.1) is 0 Å². The van der Waals surface area contributed by atoms with Crippen LogP contribution in [0.1, 0.15) is 44.4 Å². The minimum absolute atomic E-state index is 0.192. The summed E-state index contributed by atoms with van der Waals surface area (Å²) >= 11 is 0. The van der Waals surface area contributed by atoms with Crippen LogP contribution >= 0.6 is 0 Å². The van der Waals surface area contributed by atoms with Crippen molar-refractivity contribution in [3.05, 3.63) is 29.3 Å². The molecular formula is C16H28N2O. The van der Waals surface area contributed by atoms with Crippen molar-refractivity contribution in [2.24, 2.45) is 0 Å². The standard InChI is InChI=1S/C16H28N2O/c1-5-18(6-2)11-7-10-17-14(4)15-9-8-13(3)12-16(15)19/h8-9,12,14,17,19H,5-7,10-11H2,1-4H3. The third-order valence-corrected chi connectivity index (χ3v) is 3.65. The van der Waals surface area contributed by atoms with Crippen LogP contribution in [-0.4, -0.2) is 36.2 Å². The van der Waals surface area contributed by atoms with E-state index in [0.29, 0.717) is 5.75 Å². The van der Waals surface area contributed by atoms with E-state index in [1.165, 1.54) is 0 Å². The first-order chi connectivity index (χ1) is 9.08. The maximum atomic E-state index is 9.93. The van der Waals surface area contributed by atoms with Crippen LogP contribution in [0.15, 0.2) is 18.2 Å². The molecule has 0 saturated carbocycles. The Morgan fingerprint density at radius 1 is 1.26 bits per heavy atom. The Bertz CT molecular complexity index is 375. The smallest absolute Gasteiger partial charge is 0.120 e. The molecule has 108 valence electrons. The Kier molecular flexibility index (Phi) is 6.89. The topological polar surface area (TPSA) is 35.5 Å². The lowest BCUT2D eigenvalue weighted by Gasteiger charge is -2.20. The number of nitrogens with zero attached hydrogens (tertiary/aromatic N) is 1. The molecule has 19 heavy (non-hydrogen) atoms. The zero-order valence-electron chi connectivity index (χ0n) is 12.7. The number of aryl methyl sites for hydroxylation is 1. The molecule has 0 spiro atoms. The fourth-order valence-electron chi connectivity index (χ4n) is 2.29. The molecule has 1 aromatic rings. The second-order valence-corrected chi connectivity index (χ2v) is 5.12. The number of nitrogens with one attached hydrogen (secondary N) is 1. The predicted octanol–water partition coefficient (Wildman–Crippen LogP) is 3.08. The van der Waals surface area contributed by atoms with E-state index >= 15 is 0 Å². The van der Waals surface area contributed by atoms with Crippen molar-refractivity contribution < 1.29 is 5.11 Å². The quantitative estimate of drug-likeness (QED) is 0.708. The third kappa shape index (κ3) is 5.21. The van der Waals surface area contributed by atoms with Gasteiger partial charge in [-0.2, -0.15) is 0 Å². The molecule has 0 aromatic heterocycles. The lowest BCUT2D eigenvalue weighted by atomic mass is 10.1. The van der Waals surface area contributed by atoms with Gasteiger partial charge >= 0.3 is 0 Å². The Morgan fingerprint density at radius 3 is 2.53 bits per heavy atom. The van der Waals surface area contributed by atoms with Crippen LogP contribution in [0.2, 0.25) is 0 Å². The summed E-state index contributed by atoms with van der Waals surface area (Å²) in [6.45, 7) is 12.8. The number of benzene rings is 1. The van der Waals surface area contributed by atoms with Gasteiger partial charge in [0.25, 0.3) is 0 Å². The van der Waals surface area contributed by atoms with Gasteiger partial charge in [0.15, 0.2) is 0 Å². The van der Waals surface area contributed by atoms with Crippen molar-refractivity contribution >= 4 is 0 Å². The molecule has 1 unspecified atom stereocenters. The van der Waals surface area contributed by atoms with E-state index in [2.05, 4.69) is 31.0 Å². The number of rotatable bonds is 8. The summed E-state index contributed by atoms with van der Waals surface area (Å²) in [6, 6.07) is 6.07. The average Bonchev–Trinajstić information content (AvgIpc) is 2.38. The van der Waals surface area contributed by atoms with Gasteiger partial charge in [0.05, 0.1) is 0 Å². The first-order valence-electron chi connectivity index (χ1n) is 7.33. The first kappa shape index (κ1) is 16.0. The number of phenols is 1. The molecule has 0 heterocycles. The summed E-state index contributed by atoms with van der Waals surface area (Å²) in [5, 5.41) is 13.4. The molecule has 0 fully saturated rings. The maximum absolute atomic E-state index is 9.93. The van der Waals surface area contributed by atoms with Gasteiger partial charge in [0.1, 0.15) is 5.75 Å². The van der Waals surface area contributed by atoms with E-state index < -0.39 is 0 Å². The lowest BCUT2D eigenvalue weighted by molar-refractivity contribution is 0.296. The molecule has 1 atom stereocenters. The van der Waals surface area contributed by atoms with Crippen molar-refractivity contribution in [1.82, 2.24) is 10.2 Å². The molecule has 0 saturated heterocycles. The largest absolute Gasteiger partial charge is 0.508 e. The molecule has 2 N–H and O–H groups in total. The summed E-state index contributed by atoms with van der Waals surface area (Å²) in [5.41, 5.74) is 2.07. The molecule has 0 radical (unpaired) electrons. The highest BCUT2D eigenvalue weighted by Gasteiger charge is 2.09. The summed E-state index contributed by atoms with van der Waals surface area (Å²) in [4.78, 5) is 2.43. The van der Waals surface area contributed by atoms with Gasteiger partial charge < -0.3 is 15.3 Å². The predicted molar refractivity (Wildman–Crippen MR) is 81.7 cm³/mol. The normalized spacial score (nSPS) is 12.9. The number of phenolic OH excluding ortho intramolecular Hbond substituents is 1. The van der Waals surface area contributed by atoms with Crippen molar-refractivity contribution in [3.8, 4) is 5.75 Å². The van der Waals surface area contributed by atoms with Gasteiger partial charge in [-0.1, -0.05) is 26.0 Å². The highest BCUT2D eigenvalue weighted by atomic mass is 16.3. The molecule has 0 aliphatic rings. The third-order valence-electron chi connectivity index (χ3n) is 3.65. The monoisotopic (exact) mass is 264 g/mol. The molecule has 0 amide bonds. The lowest BCUT2D eigenvalue weighted by Crippen LogP contribution is -2.28.